The Balaban J connectivity index is 2.98. The third kappa shape index (κ3) is 3.89. The largest absolute Gasteiger partial charge is 0.350 e. The van der Waals surface area contributed by atoms with E-state index in [0.29, 0.717) is 6.54 Å². The van der Waals surface area contributed by atoms with Crippen molar-refractivity contribution in [2.75, 3.05) is 26.1 Å². The van der Waals surface area contributed by atoms with E-state index in [4.69, 9.17) is 5.84 Å². The van der Waals surface area contributed by atoms with Crippen molar-refractivity contribution in [3.05, 3.63) is 33.9 Å². The molecule has 8 nitrogen and oxygen atoms in total. The molecule has 0 aromatic heterocycles. The molecule has 1 aromatic rings. The van der Waals surface area contributed by atoms with Gasteiger partial charge in [-0.05, 0) is 34.0 Å². The van der Waals surface area contributed by atoms with Crippen LogP contribution in [0, 0.1) is 10.1 Å². The van der Waals surface area contributed by atoms with Crippen molar-refractivity contribution in [1.29, 1.82) is 0 Å². The fourth-order valence-electron chi connectivity index (χ4n) is 1.58. The zero-order chi connectivity index (χ0) is 16.2. The second-order valence-electron chi connectivity index (χ2n) is 5.49. The van der Waals surface area contributed by atoms with Crippen LogP contribution in [0.15, 0.2) is 18.2 Å². The van der Waals surface area contributed by atoms with Gasteiger partial charge in [0.1, 0.15) is 5.69 Å². The normalized spacial score (nSPS) is 11.3. The van der Waals surface area contributed by atoms with Gasteiger partial charge in [0.25, 0.3) is 11.6 Å². The van der Waals surface area contributed by atoms with E-state index in [1.807, 2.05) is 32.8 Å². The molecule has 21 heavy (non-hydrogen) atoms. The number of hydrogen-bond acceptors (Lipinski definition) is 6. The van der Waals surface area contributed by atoms with E-state index in [1.165, 1.54) is 18.2 Å². The number of hydrazine groups is 1. The van der Waals surface area contributed by atoms with Crippen molar-refractivity contribution in [3.63, 3.8) is 0 Å². The van der Waals surface area contributed by atoms with Crippen molar-refractivity contribution >= 4 is 17.3 Å². The first-order valence-corrected chi connectivity index (χ1v) is 6.40. The van der Waals surface area contributed by atoms with E-state index in [2.05, 4.69) is 10.7 Å². The highest BCUT2D eigenvalue weighted by molar-refractivity contribution is 6.01. The molecule has 0 fully saturated rings. The Kier molecular flexibility index (Phi) is 5.23. The molecule has 0 unspecified atom stereocenters. The maximum Gasteiger partial charge on any atom is 0.294 e. The van der Waals surface area contributed by atoms with Gasteiger partial charge in [-0.25, -0.2) is 0 Å². The summed E-state index contributed by atoms with van der Waals surface area (Å²) in [5, 5.41) is 13.7. The van der Waals surface area contributed by atoms with E-state index in [0.717, 1.165) is 0 Å². The van der Waals surface area contributed by atoms with Gasteiger partial charge in [-0.15, -0.1) is 0 Å². The number of carbonyl (C=O) groups excluding carboxylic acids is 1. The number of benzene rings is 1. The molecule has 0 radical (unpaired) electrons. The molecule has 0 bridgehead atoms. The van der Waals surface area contributed by atoms with Crippen LogP contribution in [0.2, 0.25) is 0 Å². The highest BCUT2D eigenvalue weighted by Gasteiger charge is 2.24. The first-order chi connectivity index (χ1) is 9.70. The fraction of sp³-hybridized carbons (Fsp3) is 0.462. The summed E-state index contributed by atoms with van der Waals surface area (Å²) in [4.78, 5) is 24.5. The number of para-hydroxylation sites is 1. The number of rotatable bonds is 6. The molecule has 0 aliphatic heterocycles. The minimum absolute atomic E-state index is 0.00246. The van der Waals surface area contributed by atoms with Gasteiger partial charge < -0.3 is 15.6 Å². The summed E-state index contributed by atoms with van der Waals surface area (Å²) < 4.78 is 0. The van der Waals surface area contributed by atoms with Gasteiger partial charge in [-0.1, -0.05) is 6.07 Å². The quantitative estimate of drug-likeness (QED) is 0.409. The molecule has 0 atom stereocenters. The molecule has 0 saturated heterocycles. The highest BCUT2D eigenvalue weighted by atomic mass is 16.6. The topological polar surface area (TPSA) is 114 Å². The molecule has 0 heterocycles. The number of amides is 1. The molecule has 1 aromatic carbocycles. The number of nitrogens with zero attached hydrogens (tertiary/aromatic N) is 2. The Labute approximate surface area is 123 Å². The third-order valence-electron chi connectivity index (χ3n) is 3.52. The van der Waals surface area contributed by atoms with Gasteiger partial charge in [0.15, 0.2) is 0 Å². The zero-order valence-corrected chi connectivity index (χ0v) is 12.6. The predicted octanol–water partition coefficient (Wildman–Crippen LogP) is 0.950. The highest BCUT2D eigenvalue weighted by Crippen LogP contribution is 2.27. The minimum atomic E-state index is -0.588. The van der Waals surface area contributed by atoms with Crippen molar-refractivity contribution in [1.82, 2.24) is 10.2 Å². The van der Waals surface area contributed by atoms with Crippen LogP contribution in [0.5, 0.6) is 0 Å². The molecular formula is C13H21N5O3. The maximum absolute atomic E-state index is 12.2. The second kappa shape index (κ2) is 6.51. The Morgan fingerprint density at radius 2 is 2.05 bits per heavy atom. The Hall–Kier alpha value is -2.19. The summed E-state index contributed by atoms with van der Waals surface area (Å²) in [6.07, 6.45) is 0. The lowest BCUT2D eigenvalue weighted by Crippen LogP contribution is -2.48. The number of likely N-dealkylation sites (N-methyl/N-ethyl adjacent to an activating group) is 1. The molecule has 1 rings (SSSR count). The molecule has 0 aliphatic carbocycles. The lowest BCUT2D eigenvalue weighted by Gasteiger charge is -2.32. The van der Waals surface area contributed by atoms with E-state index < -0.39 is 10.8 Å². The number of nitro groups is 1. The average Bonchev–Trinajstić information content (AvgIpc) is 2.43. The first-order valence-electron chi connectivity index (χ1n) is 6.40. The van der Waals surface area contributed by atoms with Crippen LogP contribution in [0.1, 0.15) is 24.2 Å². The zero-order valence-electron chi connectivity index (χ0n) is 12.6. The van der Waals surface area contributed by atoms with Crippen molar-refractivity contribution in [3.8, 4) is 0 Å². The van der Waals surface area contributed by atoms with E-state index in [9.17, 15) is 14.9 Å². The lowest BCUT2D eigenvalue weighted by atomic mass is 10.0. The molecule has 4 N–H and O–H groups in total. The summed E-state index contributed by atoms with van der Waals surface area (Å²) in [6.45, 7) is 4.34. The van der Waals surface area contributed by atoms with Crippen LogP contribution in [-0.2, 0) is 0 Å². The van der Waals surface area contributed by atoms with Crippen LogP contribution in [0.4, 0.5) is 11.4 Å². The number of nitro benzene ring substituents is 1. The Morgan fingerprint density at radius 3 is 2.52 bits per heavy atom. The van der Waals surface area contributed by atoms with Crippen LogP contribution >= 0.6 is 0 Å². The summed E-state index contributed by atoms with van der Waals surface area (Å²) in [5.74, 6) is 4.90. The number of nitrogens with one attached hydrogen (secondary N) is 2. The standard InChI is InChI=1S/C13H21N5O3/c1-13(2,17(3)4)8-15-12(19)9-6-5-7-10(18(20)21)11(9)16-14/h5-7,16H,8,14H2,1-4H3,(H,15,19). The molecule has 0 aliphatic rings. The summed E-state index contributed by atoms with van der Waals surface area (Å²) in [5.41, 5.74) is 1.89. The maximum atomic E-state index is 12.2. The van der Waals surface area contributed by atoms with Gasteiger partial charge >= 0.3 is 0 Å². The molecule has 0 spiro atoms. The summed E-state index contributed by atoms with van der Waals surface area (Å²) in [6, 6.07) is 4.22. The van der Waals surface area contributed by atoms with Crippen LogP contribution in [0.25, 0.3) is 0 Å². The van der Waals surface area contributed by atoms with E-state index in [1.54, 1.807) is 0 Å². The Bertz CT molecular complexity index is 543. The Morgan fingerprint density at radius 1 is 1.43 bits per heavy atom. The molecule has 116 valence electrons. The number of nitrogen functional groups attached to an aromatic ring is 1. The van der Waals surface area contributed by atoms with Crippen LogP contribution in [-0.4, -0.2) is 41.9 Å². The van der Waals surface area contributed by atoms with Crippen LogP contribution in [0.3, 0.4) is 0 Å². The fourth-order valence-corrected chi connectivity index (χ4v) is 1.58. The van der Waals surface area contributed by atoms with E-state index >= 15 is 0 Å². The number of anilines is 1. The smallest absolute Gasteiger partial charge is 0.294 e. The van der Waals surface area contributed by atoms with Gasteiger partial charge in [-0.3, -0.25) is 20.8 Å². The third-order valence-corrected chi connectivity index (χ3v) is 3.52. The average molecular weight is 295 g/mol. The summed E-state index contributed by atoms with van der Waals surface area (Å²) in [7, 11) is 3.82. The molecular weight excluding hydrogens is 274 g/mol. The lowest BCUT2D eigenvalue weighted by molar-refractivity contribution is -0.384. The second-order valence-corrected chi connectivity index (χ2v) is 5.49. The monoisotopic (exact) mass is 295 g/mol. The number of carbonyl (C=O) groups is 1. The first kappa shape index (κ1) is 16.9. The van der Waals surface area contributed by atoms with Gasteiger partial charge in [0.05, 0.1) is 10.5 Å². The van der Waals surface area contributed by atoms with Gasteiger partial charge in [-0.2, -0.15) is 0 Å². The van der Waals surface area contributed by atoms with Crippen molar-refractivity contribution in [2.45, 2.75) is 19.4 Å². The summed E-state index contributed by atoms with van der Waals surface area (Å²) >= 11 is 0. The van der Waals surface area contributed by atoms with Crippen molar-refractivity contribution < 1.29 is 9.72 Å². The predicted molar refractivity (Wildman–Crippen MR) is 81.0 cm³/mol. The van der Waals surface area contributed by atoms with Gasteiger partial charge in [0, 0.05) is 18.2 Å². The van der Waals surface area contributed by atoms with Gasteiger partial charge in [0.2, 0.25) is 0 Å². The SMILES string of the molecule is CN(C)C(C)(C)CNC(=O)c1cccc([N+](=O)[O-])c1NN. The van der Waals surface area contributed by atoms with Crippen LogP contribution < -0.4 is 16.6 Å². The number of hydrogen-bond donors (Lipinski definition) is 3. The van der Waals surface area contributed by atoms with E-state index in [-0.39, 0.29) is 22.5 Å². The molecule has 0 saturated carbocycles. The molecule has 1 amide bonds. The molecule has 8 heteroatoms. The van der Waals surface area contributed by atoms with Crippen molar-refractivity contribution in [2.24, 2.45) is 5.84 Å². The number of nitrogens with two attached hydrogens (primary N) is 1. The minimum Gasteiger partial charge on any atom is -0.350 e.